The van der Waals surface area contributed by atoms with Crippen LogP contribution in [0.25, 0.3) is 0 Å². The van der Waals surface area contributed by atoms with Crippen LogP contribution in [-0.2, 0) is 6.54 Å². The first-order valence-electron chi connectivity index (χ1n) is 6.18. The number of nitrogens with two attached hydrogens (primary N) is 2. The Morgan fingerprint density at radius 1 is 1.56 bits per heavy atom. The highest BCUT2D eigenvalue weighted by Gasteiger charge is 2.19. The number of carbonyl (C=O) groups is 1. The summed E-state index contributed by atoms with van der Waals surface area (Å²) in [5.74, 6) is 5.79. The van der Waals surface area contributed by atoms with Crippen LogP contribution < -0.4 is 17.0 Å². The van der Waals surface area contributed by atoms with Crippen LogP contribution in [-0.4, -0.2) is 29.9 Å². The average molecular weight is 252 g/mol. The van der Waals surface area contributed by atoms with E-state index in [0.717, 1.165) is 37.3 Å². The van der Waals surface area contributed by atoms with Crippen molar-refractivity contribution in [1.82, 2.24) is 10.3 Å². The van der Waals surface area contributed by atoms with E-state index >= 15 is 0 Å². The predicted octanol–water partition coefficient (Wildman–Crippen LogP) is 0.115. The molecule has 0 saturated carbocycles. The van der Waals surface area contributed by atoms with Crippen molar-refractivity contribution in [1.29, 1.82) is 0 Å². The minimum absolute atomic E-state index is 0.293. The van der Waals surface area contributed by atoms with E-state index in [-0.39, 0.29) is 5.91 Å². The molecule has 0 bridgehead atoms. The Bertz CT molecular complexity index is 422. The van der Waals surface area contributed by atoms with Gasteiger partial charge in [-0.2, -0.15) is 0 Å². The van der Waals surface area contributed by atoms with E-state index in [2.05, 4.69) is 10.3 Å². The zero-order chi connectivity index (χ0) is 13.1. The number of piperidine rings is 1. The fraction of sp³-hybridized carbons (Fsp3) is 0.583. The molecule has 0 unspecified atom stereocenters. The molecule has 0 radical (unpaired) electrons. The molecule has 6 heteroatoms. The summed E-state index contributed by atoms with van der Waals surface area (Å²) in [6, 6.07) is 2.21. The second kappa shape index (κ2) is 5.51. The topological polar surface area (TPSA) is 97.5 Å². The second-order valence-electron chi connectivity index (χ2n) is 4.81. The summed E-state index contributed by atoms with van der Waals surface area (Å²) in [6.45, 7) is 4.49. The van der Waals surface area contributed by atoms with Crippen LogP contribution in [0.1, 0.15) is 34.7 Å². The van der Waals surface area contributed by atoms with Crippen molar-refractivity contribution in [3.63, 3.8) is 0 Å². The zero-order valence-electron chi connectivity index (χ0n) is 10.6. The number of furan rings is 1. The quantitative estimate of drug-likeness (QED) is 0.403. The molecule has 2 rings (SSSR count). The number of hydrogen-bond donors (Lipinski definition) is 3. The molecular weight excluding hydrogens is 232 g/mol. The monoisotopic (exact) mass is 252 g/mol. The Morgan fingerprint density at radius 2 is 2.22 bits per heavy atom. The van der Waals surface area contributed by atoms with Crippen molar-refractivity contribution in [2.75, 3.05) is 13.1 Å². The third-order valence-electron chi connectivity index (χ3n) is 3.32. The molecule has 1 fully saturated rings. The molecule has 1 aromatic heterocycles. The molecule has 1 saturated heterocycles. The van der Waals surface area contributed by atoms with Crippen molar-refractivity contribution in [2.24, 2.45) is 11.6 Å². The van der Waals surface area contributed by atoms with Crippen molar-refractivity contribution in [3.8, 4) is 0 Å². The van der Waals surface area contributed by atoms with Crippen LogP contribution in [0.3, 0.4) is 0 Å². The first-order chi connectivity index (χ1) is 8.60. The number of nitrogens with one attached hydrogen (secondary N) is 1. The lowest BCUT2D eigenvalue weighted by molar-refractivity contribution is 0.0920. The molecule has 6 nitrogen and oxygen atoms in total. The van der Waals surface area contributed by atoms with E-state index in [0.29, 0.717) is 18.3 Å². The molecule has 0 atom stereocenters. The first kappa shape index (κ1) is 13.1. The number of hydrazine groups is 1. The lowest BCUT2D eigenvalue weighted by Crippen LogP contribution is -2.39. The molecule has 2 heterocycles. The van der Waals surface area contributed by atoms with E-state index in [1.807, 2.05) is 13.0 Å². The minimum Gasteiger partial charge on any atom is -0.454 e. The summed E-state index contributed by atoms with van der Waals surface area (Å²) in [4.78, 5) is 13.7. The second-order valence-corrected chi connectivity index (χ2v) is 4.81. The number of nitrogens with zero attached hydrogens (tertiary/aromatic N) is 1. The fourth-order valence-electron chi connectivity index (χ4n) is 2.25. The Hall–Kier alpha value is -1.37. The zero-order valence-corrected chi connectivity index (χ0v) is 10.6. The number of rotatable bonds is 3. The smallest absolute Gasteiger partial charge is 0.301 e. The summed E-state index contributed by atoms with van der Waals surface area (Å²) < 4.78 is 5.53. The number of nitrogen functional groups attached to an aromatic ring is 1. The molecule has 1 aliphatic heterocycles. The summed E-state index contributed by atoms with van der Waals surface area (Å²) in [7, 11) is 0. The third kappa shape index (κ3) is 2.90. The number of carbonyl (C=O) groups excluding carboxylic acids is 1. The molecule has 1 aromatic rings. The van der Waals surface area contributed by atoms with Gasteiger partial charge in [0.2, 0.25) is 0 Å². The third-order valence-corrected chi connectivity index (χ3v) is 3.32. The van der Waals surface area contributed by atoms with E-state index < -0.39 is 0 Å². The lowest BCUT2D eigenvalue weighted by Gasteiger charge is -2.29. The van der Waals surface area contributed by atoms with Gasteiger partial charge in [-0.3, -0.25) is 15.1 Å². The number of aryl methyl sites for hydroxylation is 1. The molecule has 0 spiro atoms. The van der Waals surface area contributed by atoms with E-state index in [1.54, 1.807) is 0 Å². The van der Waals surface area contributed by atoms with Crippen LogP contribution >= 0.6 is 0 Å². The van der Waals surface area contributed by atoms with Gasteiger partial charge in [0.05, 0.1) is 6.54 Å². The molecule has 1 aliphatic rings. The Labute approximate surface area is 106 Å². The molecular formula is C12H20N4O2. The maximum Gasteiger partial charge on any atom is 0.301 e. The van der Waals surface area contributed by atoms with Gasteiger partial charge in [-0.05, 0) is 25.8 Å². The summed E-state index contributed by atoms with van der Waals surface area (Å²) in [6.07, 6.45) is 2.02. The maximum atomic E-state index is 11.4. The highest BCUT2D eigenvalue weighted by molar-refractivity contribution is 5.92. The Morgan fingerprint density at radius 3 is 2.83 bits per heavy atom. The van der Waals surface area contributed by atoms with Gasteiger partial charge in [-0.25, -0.2) is 5.84 Å². The number of hydrogen-bond acceptors (Lipinski definition) is 5. The van der Waals surface area contributed by atoms with Gasteiger partial charge in [0.25, 0.3) is 0 Å². The summed E-state index contributed by atoms with van der Waals surface area (Å²) >= 11 is 0. The van der Waals surface area contributed by atoms with Gasteiger partial charge in [-0.1, -0.05) is 0 Å². The van der Waals surface area contributed by atoms with Gasteiger partial charge in [-0.15, -0.1) is 0 Å². The Balaban J connectivity index is 2.00. The summed E-state index contributed by atoms with van der Waals surface area (Å²) in [5.41, 5.74) is 8.75. The molecule has 18 heavy (non-hydrogen) atoms. The van der Waals surface area contributed by atoms with Crippen molar-refractivity contribution < 1.29 is 9.21 Å². The fourth-order valence-corrected chi connectivity index (χ4v) is 2.25. The van der Waals surface area contributed by atoms with Gasteiger partial charge >= 0.3 is 5.91 Å². The number of amides is 1. The SMILES string of the molecule is Cc1cc(CN2CCC(N)CC2)oc1C(=O)NN. The van der Waals surface area contributed by atoms with Crippen molar-refractivity contribution >= 4 is 5.91 Å². The van der Waals surface area contributed by atoms with Crippen LogP contribution in [0.15, 0.2) is 10.5 Å². The van der Waals surface area contributed by atoms with E-state index in [9.17, 15) is 4.79 Å². The van der Waals surface area contributed by atoms with Crippen molar-refractivity contribution in [2.45, 2.75) is 32.4 Å². The molecule has 5 N–H and O–H groups in total. The molecule has 1 amide bonds. The summed E-state index contributed by atoms with van der Waals surface area (Å²) in [5, 5.41) is 0. The van der Waals surface area contributed by atoms with Crippen molar-refractivity contribution in [3.05, 3.63) is 23.2 Å². The van der Waals surface area contributed by atoms with Crippen LogP contribution in [0.4, 0.5) is 0 Å². The van der Waals surface area contributed by atoms with Crippen LogP contribution in [0.2, 0.25) is 0 Å². The predicted molar refractivity (Wildman–Crippen MR) is 67.6 cm³/mol. The van der Waals surface area contributed by atoms with Gasteiger partial charge in [0.15, 0.2) is 5.76 Å². The van der Waals surface area contributed by atoms with E-state index in [4.69, 9.17) is 16.0 Å². The van der Waals surface area contributed by atoms with Crippen LogP contribution in [0.5, 0.6) is 0 Å². The standard InChI is InChI=1S/C12H20N4O2/c1-8-6-10(18-11(8)12(17)15-14)7-16-4-2-9(13)3-5-16/h6,9H,2-5,7,13-14H2,1H3,(H,15,17). The molecule has 0 aliphatic carbocycles. The average Bonchev–Trinajstić information content (AvgIpc) is 2.72. The first-order valence-corrected chi connectivity index (χ1v) is 6.18. The van der Waals surface area contributed by atoms with Crippen LogP contribution in [0, 0.1) is 6.92 Å². The van der Waals surface area contributed by atoms with Gasteiger partial charge in [0, 0.05) is 24.7 Å². The van der Waals surface area contributed by atoms with Gasteiger partial charge in [0.1, 0.15) is 5.76 Å². The highest BCUT2D eigenvalue weighted by atomic mass is 16.4. The molecule has 100 valence electrons. The molecule has 0 aromatic carbocycles. The highest BCUT2D eigenvalue weighted by Crippen LogP contribution is 2.18. The lowest BCUT2D eigenvalue weighted by atomic mass is 10.1. The number of likely N-dealkylation sites (tertiary alicyclic amines) is 1. The minimum atomic E-state index is -0.389. The van der Waals surface area contributed by atoms with E-state index in [1.165, 1.54) is 0 Å². The van der Waals surface area contributed by atoms with Gasteiger partial charge < -0.3 is 10.2 Å². The Kier molecular flexibility index (Phi) is 4.00. The largest absolute Gasteiger partial charge is 0.454 e. The maximum absolute atomic E-state index is 11.4. The normalized spacial score (nSPS) is 17.9.